The Morgan fingerprint density at radius 3 is 2.61 bits per heavy atom. The van der Waals surface area contributed by atoms with E-state index in [1.807, 2.05) is 24.3 Å². The summed E-state index contributed by atoms with van der Waals surface area (Å²) in [7, 11) is 0. The van der Waals surface area contributed by atoms with Crippen molar-refractivity contribution in [2.45, 2.75) is 13.8 Å². The van der Waals surface area contributed by atoms with E-state index in [0.717, 1.165) is 12.2 Å². The van der Waals surface area contributed by atoms with E-state index in [1.165, 1.54) is 5.56 Å². The predicted molar refractivity (Wildman–Crippen MR) is 74.2 cm³/mol. The van der Waals surface area contributed by atoms with Crippen molar-refractivity contribution >= 4 is 11.5 Å². The van der Waals surface area contributed by atoms with Gasteiger partial charge in [0.05, 0.1) is 12.2 Å². The van der Waals surface area contributed by atoms with E-state index in [-0.39, 0.29) is 5.78 Å². The zero-order valence-corrected chi connectivity index (χ0v) is 10.8. The second kappa shape index (κ2) is 5.54. The van der Waals surface area contributed by atoms with Crippen LogP contribution in [0.4, 0.5) is 5.69 Å². The standard InChI is InChI=1S/C15H18N2O/c1-3-17(14-9-5-4-7-12(14)2)11-15(18)13-8-6-10-16-13/h4-10,16H,3,11H2,1-2H3. The van der Waals surface area contributed by atoms with Gasteiger partial charge >= 0.3 is 0 Å². The van der Waals surface area contributed by atoms with E-state index in [1.54, 1.807) is 6.20 Å². The van der Waals surface area contributed by atoms with Crippen LogP contribution in [0.25, 0.3) is 0 Å². The van der Waals surface area contributed by atoms with Crippen LogP contribution in [-0.4, -0.2) is 23.9 Å². The average Bonchev–Trinajstić information content (AvgIpc) is 2.90. The van der Waals surface area contributed by atoms with Crippen LogP contribution >= 0.6 is 0 Å². The number of carbonyl (C=O) groups is 1. The summed E-state index contributed by atoms with van der Waals surface area (Å²) in [6, 6.07) is 11.8. The summed E-state index contributed by atoms with van der Waals surface area (Å²) in [6.07, 6.45) is 1.78. The van der Waals surface area contributed by atoms with Crippen LogP contribution in [0.15, 0.2) is 42.6 Å². The fraction of sp³-hybridized carbons (Fsp3) is 0.267. The van der Waals surface area contributed by atoms with Crippen LogP contribution in [0.5, 0.6) is 0 Å². The maximum Gasteiger partial charge on any atom is 0.198 e. The molecule has 0 atom stereocenters. The summed E-state index contributed by atoms with van der Waals surface area (Å²) < 4.78 is 0. The molecule has 0 spiro atoms. The summed E-state index contributed by atoms with van der Waals surface area (Å²) >= 11 is 0. The van der Waals surface area contributed by atoms with Crippen molar-refractivity contribution in [2.24, 2.45) is 0 Å². The predicted octanol–water partition coefficient (Wildman–Crippen LogP) is 3.03. The van der Waals surface area contributed by atoms with Gasteiger partial charge in [-0.25, -0.2) is 0 Å². The fourth-order valence-corrected chi connectivity index (χ4v) is 2.05. The van der Waals surface area contributed by atoms with Crippen molar-refractivity contribution in [3.63, 3.8) is 0 Å². The van der Waals surface area contributed by atoms with Gasteiger partial charge in [-0.05, 0) is 37.6 Å². The summed E-state index contributed by atoms with van der Waals surface area (Å²) in [4.78, 5) is 17.1. The number of hydrogen-bond acceptors (Lipinski definition) is 2. The number of benzene rings is 1. The number of aromatic nitrogens is 1. The summed E-state index contributed by atoms with van der Waals surface area (Å²) in [6.45, 7) is 5.35. The number of H-pyrrole nitrogens is 1. The molecule has 1 aromatic carbocycles. The molecule has 0 unspecified atom stereocenters. The number of rotatable bonds is 5. The van der Waals surface area contributed by atoms with Crippen molar-refractivity contribution in [1.82, 2.24) is 4.98 Å². The lowest BCUT2D eigenvalue weighted by Gasteiger charge is -2.23. The molecule has 0 aliphatic carbocycles. The van der Waals surface area contributed by atoms with E-state index in [0.29, 0.717) is 12.2 Å². The largest absolute Gasteiger partial charge is 0.364 e. The van der Waals surface area contributed by atoms with Gasteiger partial charge < -0.3 is 9.88 Å². The highest BCUT2D eigenvalue weighted by atomic mass is 16.1. The zero-order valence-electron chi connectivity index (χ0n) is 10.8. The van der Waals surface area contributed by atoms with Gasteiger partial charge in [0, 0.05) is 18.4 Å². The number of Topliss-reactive ketones (excluding diaryl/α,β-unsaturated/α-hetero) is 1. The molecule has 3 nitrogen and oxygen atoms in total. The second-order valence-electron chi connectivity index (χ2n) is 4.31. The molecule has 0 aliphatic rings. The molecule has 0 bridgehead atoms. The average molecular weight is 242 g/mol. The smallest absolute Gasteiger partial charge is 0.198 e. The molecule has 18 heavy (non-hydrogen) atoms. The number of aryl methyl sites for hydroxylation is 1. The van der Waals surface area contributed by atoms with E-state index in [2.05, 4.69) is 35.9 Å². The first-order valence-corrected chi connectivity index (χ1v) is 6.19. The first-order chi connectivity index (χ1) is 8.72. The number of para-hydroxylation sites is 1. The van der Waals surface area contributed by atoms with Gasteiger partial charge in [0.1, 0.15) is 0 Å². The van der Waals surface area contributed by atoms with Crippen molar-refractivity contribution in [1.29, 1.82) is 0 Å². The molecule has 0 radical (unpaired) electrons. The second-order valence-corrected chi connectivity index (χ2v) is 4.31. The third kappa shape index (κ3) is 2.62. The highest BCUT2D eigenvalue weighted by Crippen LogP contribution is 2.19. The Bertz CT molecular complexity index is 517. The Balaban J connectivity index is 2.16. The molecule has 2 aromatic rings. The topological polar surface area (TPSA) is 36.1 Å². The number of nitrogens with one attached hydrogen (secondary N) is 1. The number of carbonyl (C=O) groups excluding carboxylic acids is 1. The third-order valence-electron chi connectivity index (χ3n) is 3.07. The van der Waals surface area contributed by atoms with Crippen LogP contribution in [0.1, 0.15) is 23.0 Å². The highest BCUT2D eigenvalue weighted by molar-refractivity contribution is 5.97. The first kappa shape index (κ1) is 12.4. The quantitative estimate of drug-likeness (QED) is 0.818. The lowest BCUT2D eigenvalue weighted by Crippen LogP contribution is -2.30. The molecule has 1 heterocycles. The van der Waals surface area contributed by atoms with Gasteiger partial charge in [0.25, 0.3) is 0 Å². The van der Waals surface area contributed by atoms with Crippen molar-refractivity contribution in [2.75, 3.05) is 18.0 Å². The Hall–Kier alpha value is -2.03. The minimum absolute atomic E-state index is 0.116. The van der Waals surface area contributed by atoms with Crippen LogP contribution in [-0.2, 0) is 0 Å². The van der Waals surface area contributed by atoms with Crippen molar-refractivity contribution in [3.05, 3.63) is 53.9 Å². The monoisotopic (exact) mass is 242 g/mol. The first-order valence-electron chi connectivity index (χ1n) is 6.19. The van der Waals surface area contributed by atoms with E-state index in [9.17, 15) is 4.79 Å². The van der Waals surface area contributed by atoms with Crippen molar-refractivity contribution in [3.8, 4) is 0 Å². The molecule has 0 amide bonds. The maximum absolute atomic E-state index is 12.1. The minimum atomic E-state index is 0.116. The van der Waals surface area contributed by atoms with Gasteiger partial charge in [-0.2, -0.15) is 0 Å². The molecule has 1 aromatic heterocycles. The van der Waals surface area contributed by atoms with E-state index in [4.69, 9.17) is 0 Å². The molecule has 0 fully saturated rings. The van der Waals surface area contributed by atoms with Crippen LogP contribution < -0.4 is 4.90 Å². The number of anilines is 1. The SMILES string of the molecule is CCN(CC(=O)c1ccc[nH]1)c1ccccc1C. The zero-order chi connectivity index (χ0) is 13.0. The Morgan fingerprint density at radius 2 is 2.00 bits per heavy atom. The number of nitrogens with zero attached hydrogens (tertiary/aromatic N) is 1. The molecule has 0 saturated heterocycles. The van der Waals surface area contributed by atoms with E-state index < -0.39 is 0 Å². The van der Waals surface area contributed by atoms with Crippen molar-refractivity contribution < 1.29 is 4.79 Å². The molecule has 94 valence electrons. The van der Waals surface area contributed by atoms with Gasteiger partial charge in [-0.1, -0.05) is 18.2 Å². The lowest BCUT2D eigenvalue weighted by molar-refractivity contribution is 0.0995. The normalized spacial score (nSPS) is 10.3. The molecule has 1 N–H and O–H groups in total. The number of aromatic amines is 1. The van der Waals surface area contributed by atoms with Gasteiger partial charge in [0.2, 0.25) is 0 Å². The molecular formula is C15H18N2O. The molecule has 2 rings (SSSR count). The number of hydrogen-bond donors (Lipinski definition) is 1. The van der Waals surface area contributed by atoms with Crippen LogP contribution in [0.3, 0.4) is 0 Å². The third-order valence-corrected chi connectivity index (χ3v) is 3.07. The molecular weight excluding hydrogens is 224 g/mol. The Kier molecular flexibility index (Phi) is 3.82. The van der Waals surface area contributed by atoms with Gasteiger partial charge in [-0.15, -0.1) is 0 Å². The lowest BCUT2D eigenvalue weighted by atomic mass is 10.1. The highest BCUT2D eigenvalue weighted by Gasteiger charge is 2.13. The Labute approximate surface area is 107 Å². The van der Waals surface area contributed by atoms with Gasteiger partial charge in [-0.3, -0.25) is 4.79 Å². The van der Waals surface area contributed by atoms with Crippen LogP contribution in [0.2, 0.25) is 0 Å². The summed E-state index contributed by atoms with van der Waals surface area (Å²) in [5, 5.41) is 0. The minimum Gasteiger partial charge on any atom is -0.364 e. The number of likely N-dealkylation sites (N-methyl/N-ethyl adjacent to an activating group) is 1. The van der Waals surface area contributed by atoms with E-state index >= 15 is 0 Å². The molecule has 3 heteroatoms. The summed E-state index contributed by atoms with van der Waals surface area (Å²) in [5.41, 5.74) is 2.99. The maximum atomic E-state index is 12.1. The Morgan fingerprint density at radius 1 is 1.22 bits per heavy atom. The number of ketones is 1. The molecule has 0 aliphatic heterocycles. The fourth-order valence-electron chi connectivity index (χ4n) is 2.05. The van der Waals surface area contributed by atoms with Crippen LogP contribution in [0, 0.1) is 6.92 Å². The molecule has 0 saturated carbocycles. The van der Waals surface area contributed by atoms with Gasteiger partial charge in [0.15, 0.2) is 5.78 Å². The summed E-state index contributed by atoms with van der Waals surface area (Å²) in [5.74, 6) is 0.116.